The third-order valence-corrected chi connectivity index (χ3v) is 11.1. The number of allylic oxidation sites excluding steroid dienone is 6. The lowest BCUT2D eigenvalue weighted by molar-refractivity contribution is 0.303. The Balaban J connectivity index is 1.80. The van der Waals surface area contributed by atoms with Crippen molar-refractivity contribution in [3.63, 3.8) is 0 Å². The first kappa shape index (κ1) is 17.5. The van der Waals surface area contributed by atoms with Gasteiger partial charge in [0, 0.05) is 0 Å². The van der Waals surface area contributed by atoms with Crippen LogP contribution in [-0.2, 0) is 20.7 Å². The number of sulfone groups is 1. The summed E-state index contributed by atoms with van der Waals surface area (Å²) in [6.07, 6.45) is 23.9. The second-order valence-corrected chi connectivity index (χ2v) is 11.3. The molecule has 31 heavy (non-hydrogen) atoms. The molecule has 4 atom stereocenters. The molecule has 150 valence electrons. The van der Waals surface area contributed by atoms with E-state index in [0.29, 0.717) is 0 Å². The highest BCUT2D eigenvalue weighted by Crippen LogP contribution is 2.74. The second-order valence-electron chi connectivity index (χ2n) is 8.98. The van der Waals surface area contributed by atoms with Gasteiger partial charge in [-0.3, -0.25) is 0 Å². The number of hydrogen-bond donors (Lipinski definition) is 0. The van der Waals surface area contributed by atoms with E-state index in [1.807, 2.05) is 85.0 Å². The van der Waals surface area contributed by atoms with Crippen molar-refractivity contribution < 1.29 is 8.42 Å². The number of hydrogen-bond acceptors (Lipinski definition) is 2. The summed E-state index contributed by atoms with van der Waals surface area (Å²) in [5.41, 5.74) is 2.67. The van der Waals surface area contributed by atoms with Crippen LogP contribution in [0.4, 0.5) is 0 Å². The van der Waals surface area contributed by atoms with E-state index in [9.17, 15) is 8.42 Å². The molecular weight excluding hydrogens is 400 g/mol. The maximum atomic E-state index is 14.8. The molecular formula is C28H20O2S. The number of rotatable bonds is 0. The van der Waals surface area contributed by atoms with Gasteiger partial charge in [0.1, 0.15) is 9.49 Å². The van der Waals surface area contributed by atoms with Crippen molar-refractivity contribution in [3.05, 3.63) is 132 Å². The first-order valence-electron chi connectivity index (χ1n) is 10.6. The molecule has 7 rings (SSSR count). The van der Waals surface area contributed by atoms with Gasteiger partial charge in [-0.2, -0.15) is 0 Å². The van der Waals surface area contributed by atoms with E-state index in [4.69, 9.17) is 0 Å². The fraction of sp³-hybridized carbons (Fsp3) is 0.143. The topological polar surface area (TPSA) is 34.1 Å². The normalized spacial score (nSPS) is 38.6. The molecule has 0 saturated carbocycles. The predicted molar refractivity (Wildman–Crippen MR) is 125 cm³/mol. The Morgan fingerprint density at radius 1 is 0.516 bits per heavy atom. The summed E-state index contributed by atoms with van der Waals surface area (Å²) in [5.74, 6) is 0. The third kappa shape index (κ3) is 1.48. The summed E-state index contributed by atoms with van der Waals surface area (Å²) in [4.78, 5) is 0. The van der Waals surface area contributed by atoms with Crippen LogP contribution in [0.15, 0.2) is 109 Å². The molecule has 0 aromatic heterocycles. The van der Waals surface area contributed by atoms with Crippen LogP contribution in [0.1, 0.15) is 22.3 Å². The first-order valence-corrected chi connectivity index (χ1v) is 12.1. The smallest absolute Gasteiger partial charge is 0.178 e. The molecule has 4 unspecified atom stereocenters. The van der Waals surface area contributed by atoms with Crippen molar-refractivity contribution in [3.8, 4) is 0 Å². The maximum absolute atomic E-state index is 14.8. The van der Waals surface area contributed by atoms with Crippen molar-refractivity contribution in [2.45, 2.75) is 20.3 Å². The van der Waals surface area contributed by atoms with Crippen molar-refractivity contribution in [2.24, 2.45) is 0 Å². The summed E-state index contributed by atoms with van der Waals surface area (Å²) in [6.45, 7) is 0. The van der Waals surface area contributed by atoms with Crippen molar-refractivity contribution in [2.75, 3.05) is 0 Å². The van der Waals surface area contributed by atoms with Gasteiger partial charge in [-0.25, -0.2) is 8.42 Å². The molecule has 1 saturated heterocycles. The van der Waals surface area contributed by atoms with Gasteiger partial charge < -0.3 is 0 Å². The Hall–Kier alpha value is -3.17. The van der Waals surface area contributed by atoms with Gasteiger partial charge in [-0.15, -0.1) is 0 Å². The predicted octanol–water partition coefficient (Wildman–Crippen LogP) is 5.07. The molecule has 0 bridgehead atoms. The summed E-state index contributed by atoms with van der Waals surface area (Å²) in [6, 6.07) is 16.5. The Bertz CT molecular complexity index is 1360. The Morgan fingerprint density at radius 2 is 0.935 bits per heavy atom. The molecule has 1 aliphatic heterocycles. The van der Waals surface area contributed by atoms with Gasteiger partial charge in [-0.05, 0) is 22.3 Å². The molecule has 0 N–H and O–H groups in total. The van der Waals surface area contributed by atoms with Gasteiger partial charge in [0.25, 0.3) is 0 Å². The van der Waals surface area contributed by atoms with E-state index in [1.165, 1.54) is 0 Å². The summed E-state index contributed by atoms with van der Waals surface area (Å²) < 4.78 is 27.3. The summed E-state index contributed by atoms with van der Waals surface area (Å²) in [5, 5.41) is 0. The largest absolute Gasteiger partial charge is 0.226 e. The minimum atomic E-state index is -3.75. The van der Waals surface area contributed by atoms with Gasteiger partial charge in [0.05, 0.1) is 10.8 Å². The Morgan fingerprint density at radius 3 is 1.42 bits per heavy atom. The van der Waals surface area contributed by atoms with Crippen LogP contribution in [0, 0.1) is 0 Å². The maximum Gasteiger partial charge on any atom is 0.178 e. The highest BCUT2D eigenvalue weighted by atomic mass is 32.2. The Labute approximate surface area is 182 Å². The van der Waals surface area contributed by atoms with Crippen molar-refractivity contribution in [1.29, 1.82) is 0 Å². The van der Waals surface area contributed by atoms with E-state index >= 15 is 0 Å². The van der Waals surface area contributed by atoms with Crippen LogP contribution in [0.25, 0.3) is 12.2 Å². The first-order chi connectivity index (χ1) is 15.1. The Kier molecular flexibility index (Phi) is 2.92. The molecule has 0 radical (unpaired) electrons. The highest BCUT2D eigenvalue weighted by molar-refractivity contribution is 7.95. The third-order valence-electron chi connectivity index (χ3n) is 8.14. The van der Waals surface area contributed by atoms with Crippen LogP contribution in [0.3, 0.4) is 0 Å². The summed E-state index contributed by atoms with van der Waals surface area (Å²) >= 11 is 0. The molecule has 1 fully saturated rings. The van der Waals surface area contributed by atoms with Gasteiger partial charge in [0.2, 0.25) is 0 Å². The minimum Gasteiger partial charge on any atom is -0.226 e. The molecule has 2 nitrogen and oxygen atoms in total. The monoisotopic (exact) mass is 420 g/mol. The second kappa shape index (κ2) is 5.17. The fourth-order valence-electron chi connectivity index (χ4n) is 7.09. The average molecular weight is 421 g/mol. The molecule has 0 amide bonds. The molecule has 4 aliphatic carbocycles. The van der Waals surface area contributed by atoms with Gasteiger partial charge in [0.15, 0.2) is 9.84 Å². The quantitative estimate of drug-likeness (QED) is 0.596. The molecule has 5 aliphatic rings. The lowest BCUT2D eigenvalue weighted by Crippen LogP contribution is -2.61. The molecule has 2 aromatic carbocycles. The van der Waals surface area contributed by atoms with Crippen LogP contribution >= 0.6 is 0 Å². The summed E-state index contributed by atoms with van der Waals surface area (Å²) in [7, 11) is -3.75. The minimum absolute atomic E-state index is 0.805. The van der Waals surface area contributed by atoms with E-state index < -0.39 is 30.2 Å². The molecule has 2 aromatic rings. The zero-order valence-corrected chi connectivity index (χ0v) is 17.6. The van der Waals surface area contributed by atoms with Gasteiger partial charge in [-0.1, -0.05) is 121 Å². The fourth-order valence-corrected chi connectivity index (χ4v) is 10.2. The van der Waals surface area contributed by atoms with Crippen LogP contribution in [0.2, 0.25) is 0 Å². The van der Waals surface area contributed by atoms with E-state index in [0.717, 1.165) is 22.3 Å². The molecule has 1 heterocycles. The van der Waals surface area contributed by atoms with Gasteiger partial charge >= 0.3 is 0 Å². The van der Waals surface area contributed by atoms with Crippen LogP contribution < -0.4 is 0 Å². The van der Waals surface area contributed by atoms with Crippen LogP contribution in [0.5, 0.6) is 0 Å². The SMILES string of the molecule is O=S1(=O)C23C=CC=CC2(c2ccccc2C=C3)C23C=CC=CC21C=Cc1ccccc13. The molecule has 0 spiro atoms. The van der Waals surface area contributed by atoms with E-state index in [2.05, 4.69) is 36.4 Å². The van der Waals surface area contributed by atoms with E-state index in [-0.39, 0.29) is 0 Å². The number of fused-ring (bicyclic) bond motifs is 2. The zero-order valence-electron chi connectivity index (χ0n) is 16.8. The standard InChI is InChI=1S/C28H20O2S/c29-31(30)25-15-5-7-17-27(25,23-11-3-1-9-21(23)13-19-25)28-18-8-6-16-26(28,31)20-14-22-10-2-4-12-24(22)28/h1-20H. The molecule has 3 heteroatoms. The van der Waals surface area contributed by atoms with Crippen LogP contribution in [-0.4, -0.2) is 17.9 Å². The zero-order chi connectivity index (χ0) is 21.0. The lowest BCUT2D eigenvalue weighted by Gasteiger charge is -2.55. The lowest BCUT2D eigenvalue weighted by atomic mass is 9.43. The number of benzene rings is 2. The van der Waals surface area contributed by atoms with Crippen molar-refractivity contribution >= 4 is 22.0 Å². The average Bonchev–Trinajstić information content (AvgIpc) is 2.97. The highest BCUT2D eigenvalue weighted by Gasteiger charge is 2.84. The van der Waals surface area contributed by atoms with Crippen molar-refractivity contribution in [1.82, 2.24) is 0 Å². The van der Waals surface area contributed by atoms with E-state index in [1.54, 1.807) is 0 Å².